The Morgan fingerprint density at radius 1 is 1.50 bits per heavy atom. The minimum Gasteiger partial charge on any atom is -0.396 e. The fourth-order valence-corrected chi connectivity index (χ4v) is 1.62. The molecule has 1 N–H and O–H groups in total. The van der Waals surface area contributed by atoms with Gasteiger partial charge >= 0.3 is 0 Å². The van der Waals surface area contributed by atoms with Gasteiger partial charge in [0, 0.05) is 31.4 Å². The second kappa shape index (κ2) is 8.12. The Balaban J connectivity index is 3.98. The third-order valence-corrected chi connectivity index (χ3v) is 2.63. The maximum Gasteiger partial charge on any atom is 0.223 e. The number of aliphatic hydroxyl groups is 1. The molecule has 3 nitrogen and oxygen atoms in total. The van der Waals surface area contributed by atoms with Crippen LogP contribution >= 0.6 is 11.8 Å². The summed E-state index contributed by atoms with van der Waals surface area (Å²) in [5, 5.41) is 8.71. The normalized spacial score (nSPS) is 10.6. The number of amides is 1. The van der Waals surface area contributed by atoms with Gasteiger partial charge in [0.25, 0.3) is 0 Å². The molecule has 14 heavy (non-hydrogen) atoms. The van der Waals surface area contributed by atoms with E-state index in [2.05, 4.69) is 0 Å². The van der Waals surface area contributed by atoms with E-state index in [0.717, 1.165) is 5.75 Å². The largest absolute Gasteiger partial charge is 0.396 e. The van der Waals surface area contributed by atoms with Gasteiger partial charge in [-0.1, -0.05) is 0 Å². The summed E-state index contributed by atoms with van der Waals surface area (Å²) in [5.41, 5.74) is 0. The molecule has 0 aliphatic rings. The molecule has 4 heteroatoms. The van der Waals surface area contributed by atoms with E-state index in [0.29, 0.717) is 19.4 Å². The Morgan fingerprint density at radius 3 is 2.57 bits per heavy atom. The zero-order chi connectivity index (χ0) is 11.0. The van der Waals surface area contributed by atoms with Crippen molar-refractivity contribution in [1.29, 1.82) is 0 Å². The number of nitrogens with zero attached hydrogens (tertiary/aromatic N) is 1. The number of hydrogen-bond acceptors (Lipinski definition) is 3. The molecule has 0 spiro atoms. The summed E-state index contributed by atoms with van der Waals surface area (Å²) in [4.78, 5) is 13.5. The molecule has 0 aromatic heterocycles. The fraction of sp³-hybridized carbons (Fsp3) is 0.900. The number of carbonyl (C=O) groups excluding carboxylic acids is 1. The number of rotatable bonds is 7. The molecule has 0 aromatic rings. The highest BCUT2D eigenvalue weighted by Gasteiger charge is 2.15. The molecule has 0 heterocycles. The molecule has 0 saturated heterocycles. The van der Waals surface area contributed by atoms with Crippen LogP contribution in [0.15, 0.2) is 0 Å². The smallest absolute Gasteiger partial charge is 0.223 e. The van der Waals surface area contributed by atoms with Crippen LogP contribution in [-0.4, -0.2) is 47.1 Å². The molecule has 0 atom stereocenters. The molecule has 0 rings (SSSR count). The van der Waals surface area contributed by atoms with Crippen molar-refractivity contribution >= 4 is 17.7 Å². The first-order valence-electron chi connectivity index (χ1n) is 5.02. The lowest BCUT2D eigenvalue weighted by atomic mass is 10.2. The van der Waals surface area contributed by atoms with E-state index in [-0.39, 0.29) is 18.6 Å². The monoisotopic (exact) mass is 219 g/mol. The summed E-state index contributed by atoms with van der Waals surface area (Å²) in [7, 11) is 0. The summed E-state index contributed by atoms with van der Waals surface area (Å²) < 4.78 is 0. The minimum atomic E-state index is 0.152. The first kappa shape index (κ1) is 13.8. The van der Waals surface area contributed by atoms with Crippen LogP contribution in [0.1, 0.15) is 26.7 Å². The average Bonchev–Trinajstić information content (AvgIpc) is 2.14. The standard InChI is InChI=1S/C10H21NO2S/c1-9(2)11(6-4-7-12)10(13)5-8-14-3/h9,12H,4-8H2,1-3H3. The Bertz CT molecular complexity index is 162. The average molecular weight is 219 g/mol. The van der Waals surface area contributed by atoms with Crippen molar-refractivity contribution in [2.24, 2.45) is 0 Å². The predicted octanol–water partition coefficient (Wildman–Crippen LogP) is 1.36. The van der Waals surface area contributed by atoms with Gasteiger partial charge in [0.2, 0.25) is 5.91 Å². The van der Waals surface area contributed by atoms with Crippen molar-refractivity contribution < 1.29 is 9.90 Å². The van der Waals surface area contributed by atoms with Crippen molar-refractivity contribution in [3.05, 3.63) is 0 Å². The highest BCUT2D eigenvalue weighted by atomic mass is 32.2. The van der Waals surface area contributed by atoms with E-state index in [1.165, 1.54) is 0 Å². The molecule has 84 valence electrons. The zero-order valence-electron chi connectivity index (χ0n) is 9.32. The van der Waals surface area contributed by atoms with Gasteiger partial charge in [0.1, 0.15) is 0 Å². The molecule has 0 aliphatic carbocycles. The number of aliphatic hydroxyl groups excluding tert-OH is 1. The highest BCUT2D eigenvalue weighted by Crippen LogP contribution is 2.05. The van der Waals surface area contributed by atoms with Crippen molar-refractivity contribution in [2.45, 2.75) is 32.7 Å². The summed E-state index contributed by atoms with van der Waals surface area (Å²) in [6.07, 6.45) is 3.27. The quantitative estimate of drug-likeness (QED) is 0.703. The van der Waals surface area contributed by atoms with Gasteiger partial charge in [0.15, 0.2) is 0 Å². The molecule has 0 aromatic carbocycles. The summed E-state index contributed by atoms with van der Waals surface area (Å²) >= 11 is 1.69. The Kier molecular flexibility index (Phi) is 7.99. The lowest BCUT2D eigenvalue weighted by molar-refractivity contribution is -0.132. The molecule has 0 aliphatic heterocycles. The fourth-order valence-electron chi connectivity index (χ4n) is 1.24. The molecule has 0 bridgehead atoms. The first-order valence-corrected chi connectivity index (χ1v) is 6.42. The maximum atomic E-state index is 11.7. The molecular formula is C10H21NO2S. The predicted molar refractivity (Wildman–Crippen MR) is 61.6 cm³/mol. The lowest BCUT2D eigenvalue weighted by Crippen LogP contribution is -2.38. The molecule has 0 unspecified atom stereocenters. The molecule has 0 saturated carbocycles. The third kappa shape index (κ3) is 5.50. The summed E-state index contributed by atoms with van der Waals surface area (Å²) in [5.74, 6) is 1.07. The van der Waals surface area contributed by atoms with E-state index >= 15 is 0 Å². The van der Waals surface area contributed by atoms with Gasteiger partial charge in [0.05, 0.1) is 0 Å². The van der Waals surface area contributed by atoms with Gasteiger partial charge in [-0.15, -0.1) is 0 Å². The van der Waals surface area contributed by atoms with Crippen LogP contribution in [0.25, 0.3) is 0 Å². The zero-order valence-corrected chi connectivity index (χ0v) is 10.1. The van der Waals surface area contributed by atoms with Crippen molar-refractivity contribution in [1.82, 2.24) is 4.90 Å². The number of hydrogen-bond donors (Lipinski definition) is 1. The van der Waals surface area contributed by atoms with Gasteiger partial charge < -0.3 is 10.0 Å². The van der Waals surface area contributed by atoms with Gasteiger partial charge in [-0.25, -0.2) is 0 Å². The molecule has 0 radical (unpaired) electrons. The second-order valence-electron chi connectivity index (χ2n) is 3.50. The molecular weight excluding hydrogens is 198 g/mol. The van der Waals surface area contributed by atoms with E-state index in [1.807, 2.05) is 25.0 Å². The lowest BCUT2D eigenvalue weighted by Gasteiger charge is -2.26. The number of carbonyl (C=O) groups is 1. The van der Waals surface area contributed by atoms with Gasteiger partial charge in [-0.2, -0.15) is 11.8 Å². The van der Waals surface area contributed by atoms with Crippen LogP contribution in [-0.2, 0) is 4.79 Å². The first-order chi connectivity index (χ1) is 6.63. The van der Waals surface area contributed by atoms with E-state index < -0.39 is 0 Å². The van der Waals surface area contributed by atoms with Gasteiger partial charge in [-0.3, -0.25) is 4.79 Å². The molecule has 1 amide bonds. The van der Waals surface area contributed by atoms with Crippen LogP contribution in [0.5, 0.6) is 0 Å². The van der Waals surface area contributed by atoms with Crippen LogP contribution < -0.4 is 0 Å². The van der Waals surface area contributed by atoms with E-state index in [9.17, 15) is 4.79 Å². The maximum absolute atomic E-state index is 11.7. The Labute approximate surface area is 90.9 Å². The topological polar surface area (TPSA) is 40.5 Å². The van der Waals surface area contributed by atoms with Crippen molar-refractivity contribution in [3.8, 4) is 0 Å². The number of thioether (sulfide) groups is 1. The molecule has 0 fully saturated rings. The van der Waals surface area contributed by atoms with E-state index in [4.69, 9.17) is 5.11 Å². The summed E-state index contributed by atoms with van der Waals surface area (Å²) in [6.45, 7) is 4.84. The SMILES string of the molecule is CSCCC(=O)N(CCCO)C(C)C. The van der Waals surface area contributed by atoms with Crippen LogP contribution in [0.2, 0.25) is 0 Å². The highest BCUT2D eigenvalue weighted by molar-refractivity contribution is 7.98. The van der Waals surface area contributed by atoms with Crippen LogP contribution in [0.4, 0.5) is 0 Å². The van der Waals surface area contributed by atoms with Gasteiger partial charge in [-0.05, 0) is 26.5 Å². The van der Waals surface area contributed by atoms with Crippen LogP contribution in [0.3, 0.4) is 0 Å². The van der Waals surface area contributed by atoms with Crippen molar-refractivity contribution in [2.75, 3.05) is 25.2 Å². The second-order valence-corrected chi connectivity index (χ2v) is 4.49. The Morgan fingerprint density at radius 2 is 2.14 bits per heavy atom. The summed E-state index contributed by atoms with van der Waals surface area (Å²) in [6, 6.07) is 0.232. The van der Waals surface area contributed by atoms with E-state index in [1.54, 1.807) is 11.8 Å². The van der Waals surface area contributed by atoms with Crippen molar-refractivity contribution in [3.63, 3.8) is 0 Å². The third-order valence-electron chi connectivity index (χ3n) is 2.02. The Hall–Kier alpha value is -0.220. The van der Waals surface area contributed by atoms with Crippen LogP contribution in [0, 0.1) is 0 Å². The minimum absolute atomic E-state index is 0.152.